The van der Waals surface area contributed by atoms with Crippen LogP contribution < -0.4 is 11.2 Å². The van der Waals surface area contributed by atoms with Crippen molar-refractivity contribution in [1.82, 2.24) is 9.55 Å². The molecule has 0 fully saturated rings. The maximum Gasteiger partial charge on any atom is 0.331 e. The van der Waals surface area contributed by atoms with Crippen LogP contribution in [0.3, 0.4) is 0 Å². The van der Waals surface area contributed by atoms with Crippen molar-refractivity contribution in [2.24, 2.45) is 0 Å². The number of hydrogen-bond donors (Lipinski definition) is 1. The highest BCUT2D eigenvalue weighted by molar-refractivity contribution is 4.81. The van der Waals surface area contributed by atoms with Gasteiger partial charge in [0.25, 0.3) is 5.56 Å². The second kappa shape index (κ2) is 3.56. The molecule has 0 aliphatic heterocycles. The topological polar surface area (TPSA) is 64.1 Å². The first-order valence-electron chi connectivity index (χ1n) is 3.26. The molecular weight excluding hydrogens is 160 g/mol. The molecule has 0 aliphatic rings. The molecule has 0 bridgehead atoms. The third-order valence-electron chi connectivity index (χ3n) is 1.23. The van der Waals surface area contributed by atoms with Crippen molar-refractivity contribution < 1.29 is 4.74 Å². The van der Waals surface area contributed by atoms with Gasteiger partial charge in [-0.2, -0.15) is 0 Å². The first-order valence-corrected chi connectivity index (χ1v) is 3.26. The van der Waals surface area contributed by atoms with Gasteiger partial charge < -0.3 is 4.74 Å². The Kier molecular flexibility index (Phi) is 2.47. The largest absolute Gasteiger partial charge is 0.481 e. The van der Waals surface area contributed by atoms with E-state index < -0.39 is 11.2 Å². The standard InChI is InChI=1S/C7H8N2O3/c1-2-12-5-9-4-3-6(10)8-7(9)11/h2-4H,1,5H2,(H,8,10,11). The summed E-state index contributed by atoms with van der Waals surface area (Å²) in [6.07, 6.45) is 2.57. The van der Waals surface area contributed by atoms with Gasteiger partial charge in [-0.15, -0.1) is 0 Å². The predicted octanol–water partition coefficient (Wildman–Crippen LogP) is -0.346. The summed E-state index contributed by atoms with van der Waals surface area (Å²) in [6, 6.07) is 1.24. The van der Waals surface area contributed by atoms with E-state index in [0.29, 0.717) is 0 Å². The Morgan fingerprint density at radius 2 is 2.42 bits per heavy atom. The lowest BCUT2D eigenvalue weighted by Gasteiger charge is -2.01. The van der Waals surface area contributed by atoms with Crippen LogP contribution in [-0.4, -0.2) is 9.55 Å². The first-order chi connectivity index (χ1) is 5.74. The summed E-state index contributed by atoms with van der Waals surface area (Å²) in [5.41, 5.74) is -0.917. The van der Waals surface area contributed by atoms with Gasteiger partial charge in [0.05, 0.1) is 6.26 Å². The third-order valence-corrected chi connectivity index (χ3v) is 1.23. The number of ether oxygens (including phenoxy) is 1. The molecule has 0 radical (unpaired) electrons. The summed E-state index contributed by atoms with van der Waals surface area (Å²) in [6.45, 7) is 3.37. The molecule has 0 spiro atoms. The number of nitrogens with zero attached hydrogens (tertiary/aromatic N) is 1. The van der Waals surface area contributed by atoms with Crippen molar-refractivity contribution in [3.63, 3.8) is 0 Å². The summed E-state index contributed by atoms with van der Waals surface area (Å²) in [4.78, 5) is 23.6. The number of H-pyrrole nitrogens is 1. The lowest BCUT2D eigenvalue weighted by Crippen LogP contribution is -2.28. The molecule has 64 valence electrons. The van der Waals surface area contributed by atoms with Gasteiger partial charge >= 0.3 is 5.69 Å². The number of nitrogens with one attached hydrogen (secondary N) is 1. The van der Waals surface area contributed by atoms with Crippen molar-refractivity contribution in [2.45, 2.75) is 6.73 Å². The zero-order valence-electron chi connectivity index (χ0n) is 6.32. The van der Waals surface area contributed by atoms with Crippen LogP contribution in [0.4, 0.5) is 0 Å². The second-order valence-corrected chi connectivity index (χ2v) is 2.04. The molecule has 0 saturated heterocycles. The van der Waals surface area contributed by atoms with E-state index in [1.165, 1.54) is 23.1 Å². The summed E-state index contributed by atoms with van der Waals surface area (Å²) in [5, 5.41) is 0. The molecule has 1 aromatic rings. The van der Waals surface area contributed by atoms with Crippen LogP contribution in [-0.2, 0) is 11.5 Å². The first kappa shape index (κ1) is 8.32. The van der Waals surface area contributed by atoms with Crippen molar-refractivity contribution in [1.29, 1.82) is 0 Å². The third kappa shape index (κ3) is 1.85. The van der Waals surface area contributed by atoms with Gasteiger partial charge in [-0.3, -0.25) is 14.3 Å². The number of aromatic nitrogens is 2. The Balaban J connectivity index is 2.94. The Labute approximate surface area is 67.9 Å². The SMILES string of the molecule is C=COCn1ccc(=O)[nH]c1=O. The van der Waals surface area contributed by atoms with E-state index >= 15 is 0 Å². The van der Waals surface area contributed by atoms with E-state index in [-0.39, 0.29) is 6.73 Å². The Bertz CT molecular complexity index is 377. The Hall–Kier alpha value is -1.78. The molecule has 12 heavy (non-hydrogen) atoms. The zero-order chi connectivity index (χ0) is 8.97. The van der Waals surface area contributed by atoms with E-state index in [2.05, 4.69) is 11.6 Å². The second-order valence-electron chi connectivity index (χ2n) is 2.04. The molecule has 0 amide bonds. The highest BCUT2D eigenvalue weighted by atomic mass is 16.5. The minimum absolute atomic E-state index is 0.0547. The summed E-state index contributed by atoms with van der Waals surface area (Å²) < 4.78 is 5.96. The molecule has 1 rings (SSSR count). The molecule has 0 atom stereocenters. The normalized spacial score (nSPS) is 9.33. The minimum atomic E-state index is -0.496. The van der Waals surface area contributed by atoms with Crippen molar-refractivity contribution in [3.8, 4) is 0 Å². The Morgan fingerprint density at radius 1 is 1.67 bits per heavy atom. The monoisotopic (exact) mass is 168 g/mol. The van der Waals surface area contributed by atoms with Crippen LogP contribution in [0.2, 0.25) is 0 Å². The van der Waals surface area contributed by atoms with Gasteiger partial charge in [-0.1, -0.05) is 6.58 Å². The van der Waals surface area contributed by atoms with Gasteiger partial charge in [-0.05, 0) is 0 Å². The minimum Gasteiger partial charge on any atom is -0.481 e. The number of aromatic amines is 1. The molecule has 1 aromatic heterocycles. The molecule has 0 aromatic carbocycles. The van der Waals surface area contributed by atoms with Crippen LogP contribution in [0.15, 0.2) is 34.7 Å². The van der Waals surface area contributed by atoms with Gasteiger partial charge in [0.15, 0.2) is 6.73 Å². The van der Waals surface area contributed by atoms with Crippen molar-refractivity contribution >= 4 is 0 Å². The summed E-state index contributed by atoms with van der Waals surface area (Å²) in [7, 11) is 0. The number of hydrogen-bond acceptors (Lipinski definition) is 3. The van der Waals surface area contributed by atoms with Crippen LogP contribution in [0, 0.1) is 0 Å². The highest BCUT2D eigenvalue weighted by Gasteiger charge is 1.93. The molecule has 5 nitrogen and oxygen atoms in total. The predicted molar refractivity (Wildman–Crippen MR) is 42.6 cm³/mol. The average molecular weight is 168 g/mol. The zero-order valence-corrected chi connectivity index (χ0v) is 6.32. The van der Waals surface area contributed by atoms with Crippen molar-refractivity contribution in [2.75, 3.05) is 0 Å². The molecule has 5 heteroatoms. The van der Waals surface area contributed by atoms with E-state index in [0.717, 1.165) is 0 Å². The molecule has 0 aliphatic carbocycles. The molecule has 1 N–H and O–H groups in total. The fraction of sp³-hybridized carbons (Fsp3) is 0.143. The van der Waals surface area contributed by atoms with Gasteiger partial charge in [0.1, 0.15) is 0 Å². The fourth-order valence-corrected chi connectivity index (χ4v) is 0.679. The van der Waals surface area contributed by atoms with Crippen LogP contribution in [0.25, 0.3) is 0 Å². The van der Waals surface area contributed by atoms with E-state index in [9.17, 15) is 9.59 Å². The van der Waals surface area contributed by atoms with Crippen LogP contribution in [0.1, 0.15) is 0 Å². The van der Waals surface area contributed by atoms with Gasteiger partial charge in [0, 0.05) is 12.3 Å². The molecular formula is C7H8N2O3. The lowest BCUT2D eigenvalue weighted by molar-refractivity contribution is 0.171. The average Bonchev–Trinajstić information content (AvgIpc) is 2.03. The van der Waals surface area contributed by atoms with E-state index in [4.69, 9.17) is 4.74 Å². The maximum absolute atomic E-state index is 10.9. The van der Waals surface area contributed by atoms with Crippen molar-refractivity contribution in [3.05, 3.63) is 45.9 Å². The summed E-state index contributed by atoms with van der Waals surface area (Å²) >= 11 is 0. The van der Waals surface area contributed by atoms with Gasteiger partial charge in [-0.25, -0.2) is 4.79 Å². The molecule has 1 heterocycles. The number of rotatable bonds is 3. The smallest absolute Gasteiger partial charge is 0.331 e. The van der Waals surface area contributed by atoms with Crippen LogP contribution >= 0.6 is 0 Å². The van der Waals surface area contributed by atoms with E-state index in [1.807, 2.05) is 0 Å². The molecule has 0 saturated carbocycles. The lowest BCUT2D eigenvalue weighted by atomic mass is 10.6. The summed E-state index contributed by atoms with van der Waals surface area (Å²) in [5.74, 6) is 0. The van der Waals surface area contributed by atoms with E-state index in [1.54, 1.807) is 0 Å². The highest BCUT2D eigenvalue weighted by Crippen LogP contribution is 1.79. The Morgan fingerprint density at radius 3 is 3.00 bits per heavy atom. The quantitative estimate of drug-likeness (QED) is 0.627. The van der Waals surface area contributed by atoms with Gasteiger partial charge in [0.2, 0.25) is 0 Å². The fourth-order valence-electron chi connectivity index (χ4n) is 0.679. The van der Waals surface area contributed by atoms with Crippen LogP contribution in [0.5, 0.6) is 0 Å². The maximum atomic E-state index is 10.9. The molecule has 0 unspecified atom stereocenters.